The lowest BCUT2D eigenvalue weighted by molar-refractivity contribution is 0.0166. The van der Waals surface area contributed by atoms with Crippen LogP contribution in [0.2, 0.25) is 0 Å². The largest absolute Gasteiger partial charge is 0.444 e. The first kappa shape index (κ1) is 18.0. The minimum atomic E-state index is -0.405. The minimum Gasteiger partial charge on any atom is -0.444 e. The number of carbonyl (C=O) groups is 1. The van der Waals surface area contributed by atoms with Crippen LogP contribution in [0.5, 0.6) is 0 Å². The van der Waals surface area contributed by atoms with Gasteiger partial charge >= 0.3 is 6.09 Å². The summed E-state index contributed by atoms with van der Waals surface area (Å²) in [5.41, 5.74) is -0.405. The molecule has 2 aliphatic heterocycles. The highest BCUT2D eigenvalue weighted by molar-refractivity contribution is 5.68. The third-order valence-electron chi connectivity index (χ3n) is 5.42. The lowest BCUT2D eigenvalue weighted by Gasteiger charge is -2.34. The van der Waals surface area contributed by atoms with E-state index in [1.807, 2.05) is 25.7 Å². The van der Waals surface area contributed by atoms with Crippen molar-refractivity contribution in [2.45, 2.75) is 64.5 Å². The lowest BCUT2D eigenvalue weighted by Crippen LogP contribution is -2.45. The molecule has 0 radical (unpaired) electrons. The summed E-state index contributed by atoms with van der Waals surface area (Å²) >= 11 is 0. The molecule has 1 amide bonds. The van der Waals surface area contributed by atoms with E-state index in [0.717, 1.165) is 44.6 Å². The molecule has 1 N–H and O–H groups in total. The Balaban J connectivity index is 1.34. The molecule has 5 nitrogen and oxygen atoms in total. The fourth-order valence-corrected chi connectivity index (χ4v) is 4.02. The number of carbonyl (C=O) groups excluding carboxylic acids is 1. The summed E-state index contributed by atoms with van der Waals surface area (Å²) in [6.45, 7) is 12.2. The SMILES string of the molecule is CC(C)(C)OC(=O)N1CCCC(CNCC2CCN(C3CC3)C2)C1. The van der Waals surface area contributed by atoms with Crippen molar-refractivity contribution < 1.29 is 9.53 Å². The first-order valence-corrected chi connectivity index (χ1v) is 9.83. The summed E-state index contributed by atoms with van der Waals surface area (Å²) < 4.78 is 5.51. The van der Waals surface area contributed by atoms with Crippen LogP contribution in [0.25, 0.3) is 0 Å². The lowest BCUT2D eigenvalue weighted by atomic mass is 9.98. The standard InChI is InChI=1S/C19H35N3O2/c1-19(2,3)24-18(23)22-9-4-5-15(14-22)11-20-12-16-8-10-21(13-16)17-6-7-17/h15-17,20H,4-14H2,1-3H3. The van der Waals surface area contributed by atoms with Gasteiger partial charge in [0, 0.05) is 25.7 Å². The number of likely N-dealkylation sites (tertiary alicyclic amines) is 2. The molecule has 24 heavy (non-hydrogen) atoms. The molecule has 5 heteroatoms. The van der Waals surface area contributed by atoms with Gasteiger partial charge in [0.15, 0.2) is 0 Å². The van der Waals surface area contributed by atoms with Crippen molar-refractivity contribution in [2.24, 2.45) is 11.8 Å². The third-order valence-corrected chi connectivity index (χ3v) is 5.42. The van der Waals surface area contributed by atoms with Gasteiger partial charge in [-0.1, -0.05) is 0 Å². The number of piperidine rings is 1. The van der Waals surface area contributed by atoms with Crippen LogP contribution in [0, 0.1) is 11.8 Å². The summed E-state index contributed by atoms with van der Waals surface area (Å²) in [6.07, 6.45) is 6.34. The number of ether oxygens (including phenoxy) is 1. The van der Waals surface area contributed by atoms with Crippen molar-refractivity contribution in [1.29, 1.82) is 0 Å². The first-order valence-electron chi connectivity index (χ1n) is 9.83. The fraction of sp³-hybridized carbons (Fsp3) is 0.947. The van der Waals surface area contributed by atoms with Crippen molar-refractivity contribution >= 4 is 6.09 Å². The van der Waals surface area contributed by atoms with E-state index in [2.05, 4.69) is 10.2 Å². The van der Waals surface area contributed by atoms with E-state index < -0.39 is 5.60 Å². The molecule has 2 unspecified atom stereocenters. The average molecular weight is 338 g/mol. The van der Waals surface area contributed by atoms with Crippen LogP contribution in [-0.2, 0) is 4.74 Å². The van der Waals surface area contributed by atoms with Gasteiger partial charge in [-0.05, 0) is 84.3 Å². The van der Waals surface area contributed by atoms with Gasteiger partial charge in [-0.3, -0.25) is 0 Å². The molecule has 1 saturated carbocycles. The number of nitrogens with zero attached hydrogens (tertiary/aromatic N) is 2. The molecule has 0 aromatic carbocycles. The van der Waals surface area contributed by atoms with E-state index in [1.54, 1.807) is 0 Å². The average Bonchev–Trinajstić information content (AvgIpc) is 3.26. The Bertz CT molecular complexity index is 431. The normalized spacial score (nSPS) is 29.0. The first-order chi connectivity index (χ1) is 11.4. The third kappa shape index (κ3) is 5.35. The molecule has 2 saturated heterocycles. The predicted molar refractivity (Wildman–Crippen MR) is 96.1 cm³/mol. The Morgan fingerprint density at radius 1 is 1.04 bits per heavy atom. The van der Waals surface area contributed by atoms with Crippen molar-refractivity contribution in [3.8, 4) is 0 Å². The van der Waals surface area contributed by atoms with Gasteiger partial charge in [0.25, 0.3) is 0 Å². The fourth-order valence-electron chi connectivity index (χ4n) is 4.02. The molecule has 1 aliphatic carbocycles. The number of rotatable bonds is 5. The van der Waals surface area contributed by atoms with Crippen molar-refractivity contribution in [3.05, 3.63) is 0 Å². The van der Waals surface area contributed by atoms with Gasteiger partial charge in [0.05, 0.1) is 0 Å². The molecule has 0 bridgehead atoms. The van der Waals surface area contributed by atoms with Crippen LogP contribution >= 0.6 is 0 Å². The highest BCUT2D eigenvalue weighted by Gasteiger charge is 2.34. The molecule has 0 aromatic heterocycles. The van der Waals surface area contributed by atoms with Crippen molar-refractivity contribution in [3.63, 3.8) is 0 Å². The maximum Gasteiger partial charge on any atom is 0.410 e. The van der Waals surface area contributed by atoms with Crippen LogP contribution in [0.3, 0.4) is 0 Å². The van der Waals surface area contributed by atoms with E-state index in [9.17, 15) is 4.79 Å². The van der Waals surface area contributed by atoms with Gasteiger partial charge in [-0.2, -0.15) is 0 Å². The van der Waals surface area contributed by atoms with Gasteiger partial charge in [0.1, 0.15) is 5.60 Å². The molecular formula is C19H35N3O2. The van der Waals surface area contributed by atoms with Crippen LogP contribution in [0.4, 0.5) is 4.79 Å². The molecule has 3 fully saturated rings. The number of hydrogen-bond donors (Lipinski definition) is 1. The zero-order valence-corrected chi connectivity index (χ0v) is 15.7. The van der Waals surface area contributed by atoms with E-state index in [1.165, 1.54) is 38.8 Å². The van der Waals surface area contributed by atoms with Crippen molar-refractivity contribution in [2.75, 3.05) is 39.3 Å². The molecule has 0 aromatic rings. The Kier molecular flexibility index (Phi) is 5.70. The Labute approximate surface area is 147 Å². The van der Waals surface area contributed by atoms with Gasteiger partial charge in [-0.25, -0.2) is 4.79 Å². The summed E-state index contributed by atoms with van der Waals surface area (Å²) in [7, 11) is 0. The molecule has 3 aliphatic rings. The second-order valence-corrected chi connectivity index (χ2v) is 8.97. The van der Waals surface area contributed by atoms with E-state index in [4.69, 9.17) is 4.74 Å². The smallest absolute Gasteiger partial charge is 0.410 e. The summed E-state index contributed by atoms with van der Waals surface area (Å²) in [4.78, 5) is 16.8. The molecule has 2 heterocycles. The Morgan fingerprint density at radius 2 is 1.75 bits per heavy atom. The van der Waals surface area contributed by atoms with E-state index in [-0.39, 0.29) is 6.09 Å². The summed E-state index contributed by atoms with van der Waals surface area (Å²) in [6, 6.07) is 0.913. The van der Waals surface area contributed by atoms with Crippen LogP contribution < -0.4 is 5.32 Å². The maximum atomic E-state index is 12.2. The summed E-state index contributed by atoms with van der Waals surface area (Å²) in [5.74, 6) is 1.38. The molecule has 0 spiro atoms. The summed E-state index contributed by atoms with van der Waals surface area (Å²) in [5, 5.41) is 3.68. The molecule has 2 atom stereocenters. The van der Waals surface area contributed by atoms with Gasteiger partial charge < -0.3 is 19.9 Å². The topological polar surface area (TPSA) is 44.8 Å². The van der Waals surface area contributed by atoms with Crippen LogP contribution in [0.15, 0.2) is 0 Å². The highest BCUT2D eigenvalue weighted by atomic mass is 16.6. The zero-order chi connectivity index (χ0) is 17.2. The second kappa shape index (κ2) is 7.61. The molecule has 3 rings (SSSR count). The highest BCUT2D eigenvalue weighted by Crippen LogP contribution is 2.31. The monoisotopic (exact) mass is 337 g/mol. The van der Waals surface area contributed by atoms with Gasteiger partial charge in [-0.15, -0.1) is 0 Å². The van der Waals surface area contributed by atoms with E-state index in [0.29, 0.717) is 5.92 Å². The quantitative estimate of drug-likeness (QED) is 0.838. The number of amides is 1. The Morgan fingerprint density at radius 3 is 2.42 bits per heavy atom. The Hall–Kier alpha value is -0.810. The zero-order valence-electron chi connectivity index (χ0n) is 15.7. The molecular weight excluding hydrogens is 302 g/mol. The van der Waals surface area contributed by atoms with Gasteiger partial charge in [0.2, 0.25) is 0 Å². The van der Waals surface area contributed by atoms with Crippen LogP contribution in [0.1, 0.15) is 52.9 Å². The van der Waals surface area contributed by atoms with Crippen LogP contribution in [-0.4, -0.2) is 66.8 Å². The minimum absolute atomic E-state index is 0.150. The number of nitrogens with one attached hydrogen (secondary N) is 1. The maximum absolute atomic E-state index is 12.2. The molecule has 138 valence electrons. The predicted octanol–water partition coefficient (Wildman–Crippen LogP) is 2.71. The second-order valence-electron chi connectivity index (χ2n) is 8.97. The van der Waals surface area contributed by atoms with Crippen molar-refractivity contribution in [1.82, 2.24) is 15.1 Å². The number of hydrogen-bond acceptors (Lipinski definition) is 4. The van der Waals surface area contributed by atoms with E-state index >= 15 is 0 Å².